The standard InChI is InChI=1S/C25H34ClN7O4/c1-6-33-12-17(22(34)30-20(15(3)4)23(35)37-7-2)21(24-13-28-31-25(24,33)32-29-14-24)27-11-16-8-9-19(36-5)18(26)10-16/h8-10,15,17,20H,6-7,11-14H2,1-5H3,(H,30,34)/t17?,20-,24?,25?/m0/s1. The van der Waals surface area contributed by atoms with Gasteiger partial charge in [0.25, 0.3) is 5.79 Å². The summed E-state index contributed by atoms with van der Waals surface area (Å²) in [5, 5.41) is 21.2. The molecule has 0 aliphatic carbocycles. The lowest BCUT2D eigenvalue weighted by Crippen LogP contribution is -2.68. The summed E-state index contributed by atoms with van der Waals surface area (Å²) >= 11 is 6.34. The second kappa shape index (κ2) is 10.8. The number of carbonyl (C=O) groups excluding carboxylic acids is 2. The third-order valence-electron chi connectivity index (χ3n) is 7.26. The molecule has 3 aliphatic heterocycles. The van der Waals surface area contributed by atoms with E-state index in [4.69, 9.17) is 26.1 Å². The topological polar surface area (TPSA) is 130 Å². The zero-order valence-electron chi connectivity index (χ0n) is 21.9. The lowest BCUT2D eigenvalue weighted by atomic mass is 9.68. The minimum atomic E-state index is -1.01. The van der Waals surface area contributed by atoms with Crippen molar-refractivity contribution in [3.05, 3.63) is 28.8 Å². The second-order valence-electron chi connectivity index (χ2n) is 9.76. The van der Waals surface area contributed by atoms with E-state index in [2.05, 4.69) is 25.8 Å². The fourth-order valence-electron chi connectivity index (χ4n) is 5.30. The number of hydrogen-bond donors (Lipinski definition) is 1. The number of azo groups is 2. The van der Waals surface area contributed by atoms with Crippen molar-refractivity contribution in [3.63, 3.8) is 0 Å². The highest BCUT2D eigenvalue weighted by Gasteiger charge is 2.69. The van der Waals surface area contributed by atoms with Crippen molar-refractivity contribution in [1.29, 1.82) is 0 Å². The lowest BCUT2D eigenvalue weighted by molar-refractivity contribution is -0.149. The van der Waals surface area contributed by atoms with E-state index in [-0.39, 0.29) is 25.0 Å². The molecule has 1 saturated heterocycles. The van der Waals surface area contributed by atoms with Crippen LogP contribution in [-0.2, 0) is 20.9 Å². The van der Waals surface area contributed by atoms with E-state index in [1.165, 1.54) is 0 Å². The number of carbonyl (C=O) groups is 2. The van der Waals surface area contributed by atoms with Crippen molar-refractivity contribution in [2.75, 3.05) is 39.9 Å². The van der Waals surface area contributed by atoms with Crippen LogP contribution in [0.15, 0.2) is 43.6 Å². The predicted molar refractivity (Wildman–Crippen MR) is 138 cm³/mol. The van der Waals surface area contributed by atoms with E-state index in [1.807, 2.05) is 31.7 Å². The number of benzene rings is 1. The van der Waals surface area contributed by atoms with Gasteiger partial charge in [-0.1, -0.05) is 38.4 Å². The van der Waals surface area contributed by atoms with Gasteiger partial charge in [-0.3, -0.25) is 14.7 Å². The molecule has 1 fully saturated rings. The Morgan fingerprint density at radius 3 is 2.51 bits per heavy atom. The molecule has 4 rings (SSSR count). The third kappa shape index (κ3) is 4.63. The van der Waals surface area contributed by atoms with Gasteiger partial charge in [0.15, 0.2) is 0 Å². The Hall–Kier alpha value is -2.92. The van der Waals surface area contributed by atoms with Crippen molar-refractivity contribution in [2.24, 2.45) is 42.7 Å². The van der Waals surface area contributed by atoms with Gasteiger partial charge in [0.05, 0.1) is 44.3 Å². The molecule has 1 aromatic rings. The highest BCUT2D eigenvalue weighted by molar-refractivity contribution is 6.32. The number of ether oxygens (including phenoxy) is 2. The van der Waals surface area contributed by atoms with Gasteiger partial charge < -0.3 is 14.8 Å². The molecule has 1 aromatic carbocycles. The van der Waals surface area contributed by atoms with E-state index >= 15 is 0 Å². The molecule has 3 heterocycles. The molecule has 1 N–H and O–H groups in total. The van der Waals surface area contributed by atoms with Crippen LogP contribution in [0.3, 0.4) is 0 Å². The van der Waals surface area contributed by atoms with Crippen LogP contribution in [0.2, 0.25) is 5.02 Å². The van der Waals surface area contributed by atoms with E-state index in [0.29, 0.717) is 42.7 Å². The molecular weight excluding hydrogens is 498 g/mol. The summed E-state index contributed by atoms with van der Waals surface area (Å²) in [5.74, 6) is -1.98. The molecule has 1 unspecified atom stereocenters. The molecule has 11 nitrogen and oxygen atoms in total. The number of hydrogen-bond acceptors (Lipinski definition) is 10. The first-order chi connectivity index (χ1) is 17.7. The number of halogens is 1. The summed E-state index contributed by atoms with van der Waals surface area (Å²) in [5.41, 5.74) is 0.738. The molecule has 2 atom stereocenters. The Morgan fingerprint density at radius 1 is 1.24 bits per heavy atom. The maximum atomic E-state index is 13.8. The highest BCUT2D eigenvalue weighted by atomic mass is 35.5. The van der Waals surface area contributed by atoms with Gasteiger partial charge in [0.1, 0.15) is 17.2 Å². The third-order valence-corrected chi connectivity index (χ3v) is 7.55. The van der Waals surface area contributed by atoms with Crippen molar-refractivity contribution in [2.45, 2.75) is 46.1 Å². The van der Waals surface area contributed by atoms with Crippen LogP contribution < -0.4 is 10.1 Å². The van der Waals surface area contributed by atoms with Gasteiger partial charge in [-0.25, -0.2) is 4.79 Å². The summed E-state index contributed by atoms with van der Waals surface area (Å²) in [4.78, 5) is 33.5. The van der Waals surface area contributed by atoms with Crippen molar-refractivity contribution in [3.8, 4) is 5.75 Å². The van der Waals surface area contributed by atoms with Crippen molar-refractivity contribution in [1.82, 2.24) is 10.2 Å². The zero-order valence-corrected chi connectivity index (χ0v) is 22.7. The van der Waals surface area contributed by atoms with Gasteiger partial charge in [-0.15, -0.1) is 10.2 Å². The lowest BCUT2D eigenvalue weighted by Gasteiger charge is -2.49. The number of piperidine rings is 1. The Kier molecular flexibility index (Phi) is 7.94. The van der Waals surface area contributed by atoms with Gasteiger partial charge in [0, 0.05) is 12.3 Å². The molecule has 0 spiro atoms. The SMILES string of the molecule is CCOC(=O)[C@@H](NC(=O)C1CN(CC)C23N=NCC2(CN=N3)C1=NCc1ccc(OC)c(Cl)c1)C(C)C. The number of amides is 1. The summed E-state index contributed by atoms with van der Waals surface area (Å²) in [7, 11) is 1.56. The number of rotatable bonds is 9. The molecule has 0 bridgehead atoms. The summed E-state index contributed by atoms with van der Waals surface area (Å²) in [6.07, 6.45) is 0. The van der Waals surface area contributed by atoms with E-state index in [0.717, 1.165) is 5.56 Å². The Morgan fingerprint density at radius 2 is 1.95 bits per heavy atom. The minimum absolute atomic E-state index is 0.152. The van der Waals surface area contributed by atoms with Gasteiger partial charge >= 0.3 is 5.97 Å². The van der Waals surface area contributed by atoms with Crippen LogP contribution in [0, 0.1) is 17.3 Å². The van der Waals surface area contributed by atoms with E-state index in [9.17, 15) is 9.59 Å². The van der Waals surface area contributed by atoms with E-state index < -0.39 is 29.1 Å². The first-order valence-electron chi connectivity index (χ1n) is 12.6. The van der Waals surface area contributed by atoms with Gasteiger partial charge in [-0.2, -0.15) is 10.2 Å². The van der Waals surface area contributed by atoms with Crippen LogP contribution in [0.1, 0.15) is 33.3 Å². The number of nitrogens with one attached hydrogen (secondary N) is 1. The fraction of sp³-hybridized carbons (Fsp3) is 0.640. The van der Waals surface area contributed by atoms with Crippen LogP contribution in [0.25, 0.3) is 0 Å². The quantitative estimate of drug-likeness (QED) is 0.487. The first kappa shape index (κ1) is 27.1. The van der Waals surface area contributed by atoms with Crippen LogP contribution in [-0.4, -0.2) is 74.2 Å². The molecule has 3 aliphatic rings. The second-order valence-corrected chi connectivity index (χ2v) is 10.2. The molecule has 0 radical (unpaired) electrons. The molecule has 0 saturated carbocycles. The van der Waals surface area contributed by atoms with Gasteiger partial charge in [0.2, 0.25) is 5.91 Å². The minimum Gasteiger partial charge on any atom is -0.495 e. The number of methoxy groups -OCH3 is 1. The normalized spacial score (nSPS) is 28.3. The smallest absolute Gasteiger partial charge is 0.328 e. The molecule has 1 amide bonds. The van der Waals surface area contributed by atoms with Crippen LogP contribution in [0.5, 0.6) is 5.75 Å². The Bertz CT molecular complexity index is 1120. The summed E-state index contributed by atoms with van der Waals surface area (Å²) < 4.78 is 10.5. The number of esters is 1. The molecule has 0 aromatic heterocycles. The molecular formula is C25H34ClN7O4. The average molecular weight is 532 g/mol. The van der Waals surface area contributed by atoms with Crippen LogP contribution in [0.4, 0.5) is 0 Å². The molecule has 37 heavy (non-hydrogen) atoms. The number of nitrogens with zero attached hydrogens (tertiary/aromatic N) is 6. The number of likely N-dealkylation sites (tertiary alicyclic amines) is 1. The predicted octanol–water partition coefficient (Wildman–Crippen LogP) is 3.52. The Balaban J connectivity index is 1.72. The Labute approximate surface area is 221 Å². The van der Waals surface area contributed by atoms with Gasteiger partial charge in [-0.05, 0) is 37.1 Å². The van der Waals surface area contributed by atoms with Crippen molar-refractivity contribution >= 4 is 29.2 Å². The fourth-order valence-corrected chi connectivity index (χ4v) is 5.58. The van der Waals surface area contributed by atoms with E-state index in [1.54, 1.807) is 26.2 Å². The molecule has 12 heteroatoms. The summed E-state index contributed by atoms with van der Waals surface area (Å²) in [6.45, 7) is 9.57. The largest absolute Gasteiger partial charge is 0.495 e. The maximum Gasteiger partial charge on any atom is 0.328 e. The number of aliphatic imine (C=N–C) groups is 1. The van der Waals surface area contributed by atoms with Crippen molar-refractivity contribution < 1.29 is 19.1 Å². The average Bonchev–Trinajstić information content (AvgIpc) is 3.43. The van der Waals surface area contributed by atoms with Crippen LogP contribution >= 0.6 is 11.6 Å². The highest BCUT2D eigenvalue weighted by Crippen LogP contribution is 2.54. The first-order valence-corrected chi connectivity index (χ1v) is 13.0. The summed E-state index contributed by atoms with van der Waals surface area (Å²) in [6, 6.07) is 4.70. The monoisotopic (exact) mass is 531 g/mol. The molecule has 200 valence electrons. The maximum absolute atomic E-state index is 13.8. The zero-order chi connectivity index (χ0) is 26.8.